The number of carbonyl (C=O) groups is 1. The maximum atomic E-state index is 11.3. The van der Waals surface area contributed by atoms with Crippen molar-refractivity contribution in [3.05, 3.63) is 34.7 Å². The third-order valence-corrected chi connectivity index (χ3v) is 2.97. The molecule has 0 aliphatic rings. The fraction of sp³-hybridized carbons (Fsp3) is 0.100. The molecular formula is C10H9N3O2S. The smallest absolute Gasteiger partial charge is 0.346 e. The van der Waals surface area contributed by atoms with E-state index in [2.05, 4.69) is 9.97 Å². The lowest BCUT2D eigenvalue weighted by molar-refractivity contribution is -0.115. The molecule has 0 aliphatic carbocycles. The van der Waals surface area contributed by atoms with Gasteiger partial charge in [-0.15, -0.1) is 0 Å². The van der Waals surface area contributed by atoms with Crippen molar-refractivity contribution in [2.45, 2.75) is 5.03 Å². The van der Waals surface area contributed by atoms with E-state index in [1.165, 1.54) is 11.8 Å². The number of aromatic nitrogens is 2. The number of hydrogen-bond donors (Lipinski definition) is 2. The second-order valence-corrected chi connectivity index (χ2v) is 4.11. The monoisotopic (exact) mass is 235 g/mol. The van der Waals surface area contributed by atoms with Crippen LogP contribution in [0.25, 0.3) is 10.9 Å². The summed E-state index contributed by atoms with van der Waals surface area (Å²) in [5, 5.41) is 1.34. The zero-order valence-electron chi connectivity index (χ0n) is 8.27. The summed E-state index contributed by atoms with van der Waals surface area (Å²) in [5.74, 6) is -0.323. The number of amides is 1. The Bertz CT molecular complexity index is 594. The highest BCUT2D eigenvalue weighted by molar-refractivity contribution is 8.00. The molecule has 0 saturated heterocycles. The number of nitrogens with two attached hydrogens (primary N) is 1. The van der Waals surface area contributed by atoms with Crippen LogP contribution in [-0.4, -0.2) is 21.6 Å². The second kappa shape index (κ2) is 4.36. The number of aromatic amines is 1. The topological polar surface area (TPSA) is 88.8 Å². The second-order valence-electron chi connectivity index (χ2n) is 3.15. The fourth-order valence-corrected chi connectivity index (χ4v) is 2.08. The number of carbonyl (C=O) groups excluding carboxylic acids is 1. The van der Waals surface area contributed by atoms with Crippen molar-refractivity contribution in [1.82, 2.24) is 9.97 Å². The van der Waals surface area contributed by atoms with E-state index in [0.717, 1.165) is 5.39 Å². The van der Waals surface area contributed by atoms with Gasteiger partial charge >= 0.3 is 5.69 Å². The number of primary amides is 1. The summed E-state index contributed by atoms with van der Waals surface area (Å²) >= 11 is 1.17. The van der Waals surface area contributed by atoms with Crippen molar-refractivity contribution in [3.63, 3.8) is 0 Å². The van der Waals surface area contributed by atoms with Crippen molar-refractivity contribution >= 4 is 28.6 Å². The Labute approximate surface area is 95.1 Å². The Morgan fingerprint density at radius 3 is 2.94 bits per heavy atom. The molecule has 2 aromatic rings. The Morgan fingerprint density at radius 1 is 1.44 bits per heavy atom. The number of hydrogen-bond acceptors (Lipinski definition) is 4. The highest BCUT2D eigenvalue weighted by atomic mass is 32.2. The Hall–Kier alpha value is -1.82. The molecule has 0 fully saturated rings. The molecule has 82 valence electrons. The van der Waals surface area contributed by atoms with Gasteiger partial charge in [0.1, 0.15) is 5.03 Å². The maximum Gasteiger partial charge on any atom is 0.346 e. The fourth-order valence-electron chi connectivity index (χ4n) is 1.32. The normalized spacial score (nSPS) is 10.5. The number of fused-ring (bicyclic) bond motifs is 1. The summed E-state index contributed by atoms with van der Waals surface area (Å²) < 4.78 is 0. The van der Waals surface area contributed by atoms with E-state index in [1.54, 1.807) is 6.07 Å². The largest absolute Gasteiger partial charge is 0.369 e. The van der Waals surface area contributed by atoms with Gasteiger partial charge in [-0.2, -0.15) is 4.98 Å². The van der Waals surface area contributed by atoms with Crippen molar-refractivity contribution in [2.24, 2.45) is 5.73 Å². The van der Waals surface area contributed by atoms with Crippen LogP contribution in [0, 0.1) is 0 Å². The van der Waals surface area contributed by atoms with Crippen LogP contribution in [0.4, 0.5) is 0 Å². The SMILES string of the molecule is NC(=O)CSc1nc(=O)[nH]c2ccccc12. The Balaban J connectivity index is 2.50. The van der Waals surface area contributed by atoms with Gasteiger partial charge in [0.05, 0.1) is 11.3 Å². The number of rotatable bonds is 3. The first kappa shape index (κ1) is 10.7. The van der Waals surface area contributed by atoms with Gasteiger partial charge in [0.25, 0.3) is 0 Å². The maximum absolute atomic E-state index is 11.3. The molecule has 0 unspecified atom stereocenters. The summed E-state index contributed by atoms with van der Waals surface area (Å²) in [6.07, 6.45) is 0. The molecule has 0 bridgehead atoms. The molecule has 0 saturated carbocycles. The quantitative estimate of drug-likeness (QED) is 0.599. The average Bonchev–Trinajstić information content (AvgIpc) is 2.25. The van der Waals surface area contributed by atoms with Crippen LogP contribution in [-0.2, 0) is 4.79 Å². The first-order chi connectivity index (χ1) is 7.66. The van der Waals surface area contributed by atoms with E-state index in [1.807, 2.05) is 18.2 Å². The summed E-state index contributed by atoms with van der Waals surface area (Å²) in [5.41, 5.74) is 5.33. The summed E-state index contributed by atoms with van der Waals surface area (Å²) in [7, 11) is 0. The summed E-state index contributed by atoms with van der Waals surface area (Å²) in [6, 6.07) is 7.28. The number of H-pyrrole nitrogens is 1. The predicted molar refractivity (Wildman–Crippen MR) is 62.3 cm³/mol. The first-order valence-corrected chi connectivity index (χ1v) is 5.55. The van der Waals surface area contributed by atoms with E-state index >= 15 is 0 Å². The molecular weight excluding hydrogens is 226 g/mol. The molecule has 3 N–H and O–H groups in total. The van der Waals surface area contributed by atoms with Crippen LogP contribution >= 0.6 is 11.8 Å². The molecule has 6 heteroatoms. The molecule has 5 nitrogen and oxygen atoms in total. The molecule has 1 amide bonds. The van der Waals surface area contributed by atoms with Gasteiger partial charge in [-0.25, -0.2) is 4.79 Å². The zero-order chi connectivity index (χ0) is 11.5. The van der Waals surface area contributed by atoms with Crippen molar-refractivity contribution in [2.75, 3.05) is 5.75 Å². The Kier molecular flexibility index (Phi) is 2.91. The van der Waals surface area contributed by atoms with Crippen LogP contribution in [0.3, 0.4) is 0 Å². The highest BCUT2D eigenvalue weighted by Crippen LogP contribution is 2.22. The molecule has 1 heterocycles. The van der Waals surface area contributed by atoms with Gasteiger partial charge < -0.3 is 10.7 Å². The molecule has 2 rings (SSSR count). The lowest BCUT2D eigenvalue weighted by Gasteiger charge is -2.02. The van der Waals surface area contributed by atoms with Crippen LogP contribution in [0.1, 0.15) is 0 Å². The van der Waals surface area contributed by atoms with Gasteiger partial charge in [-0.05, 0) is 6.07 Å². The standard InChI is InChI=1S/C10H9N3O2S/c11-8(14)5-16-9-6-3-1-2-4-7(6)12-10(15)13-9/h1-4H,5H2,(H2,11,14)(H,12,13,15). The van der Waals surface area contributed by atoms with E-state index in [9.17, 15) is 9.59 Å². The number of nitrogens with zero attached hydrogens (tertiary/aromatic N) is 1. The van der Waals surface area contributed by atoms with E-state index < -0.39 is 11.6 Å². The number of nitrogens with one attached hydrogen (secondary N) is 1. The lowest BCUT2D eigenvalue weighted by atomic mass is 10.2. The van der Waals surface area contributed by atoms with Crippen LogP contribution in [0.15, 0.2) is 34.1 Å². The third kappa shape index (κ3) is 2.22. The van der Waals surface area contributed by atoms with Gasteiger partial charge in [0.15, 0.2) is 0 Å². The molecule has 16 heavy (non-hydrogen) atoms. The average molecular weight is 235 g/mol. The van der Waals surface area contributed by atoms with Crippen LogP contribution < -0.4 is 11.4 Å². The van der Waals surface area contributed by atoms with Gasteiger partial charge in [-0.1, -0.05) is 30.0 Å². The summed E-state index contributed by atoms with van der Waals surface area (Å²) in [6.45, 7) is 0. The molecule has 1 aromatic heterocycles. The van der Waals surface area contributed by atoms with E-state index in [0.29, 0.717) is 10.5 Å². The molecule has 0 aliphatic heterocycles. The van der Waals surface area contributed by atoms with Crippen LogP contribution in [0.2, 0.25) is 0 Å². The van der Waals surface area contributed by atoms with Crippen molar-refractivity contribution in [3.8, 4) is 0 Å². The Morgan fingerprint density at radius 2 is 2.19 bits per heavy atom. The van der Waals surface area contributed by atoms with E-state index in [4.69, 9.17) is 5.73 Å². The van der Waals surface area contributed by atoms with Gasteiger partial charge in [-0.3, -0.25) is 4.79 Å². The number of benzene rings is 1. The van der Waals surface area contributed by atoms with Crippen molar-refractivity contribution < 1.29 is 4.79 Å². The lowest BCUT2D eigenvalue weighted by Crippen LogP contribution is -2.15. The molecule has 1 aromatic carbocycles. The molecule has 0 atom stereocenters. The number of para-hydroxylation sites is 1. The van der Waals surface area contributed by atoms with Crippen molar-refractivity contribution in [1.29, 1.82) is 0 Å². The van der Waals surface area contributed by atoms with Crippen LogP contribution in [0.5, 0.6) is 0 Å². The minimum absolute atomic E-state index is 0.112. The minimum atomic E-state index is -0.434. The zero-order valence-corrected chi connectivity index (χ0v) is 9.08. The number of thioether (sulfide) groups is 1. The van der Waals surface area contributed by atoms with Gasteiger partial charge in [0, 0.05) is 5.39 Å². The third-order valence-electron chi connectivity index (χ3n) is 1.95. The highest BCUT2D eigenvalue weighted by Gasteiger charge is 2.06. The summed E-state index contributed by atoms with van der Waals surface area (Å²) in [4.78, 5) is 28.4. The molecule has 0 spiro atoms. The first-order valence-electron chi connectivity index (χ1n) is 4.57. The van der Waals surface area contributed by atoms with Gasteiger partial charge in [0.2, 0.25) is 5.91 Å². The molecule has 0 radical (unpaired) electrons. The van der Waals surface area contributed by atoms with E-state index in [-0.39, 0.29) is 5.75 Å². The predicted octanol–water partition coefficient (Wildman–Crippen LogP) is 0.500. The minimum Gasteiger partial charge on any atom is -0.369 e.